The lowest BCUT2D eigenvalue weighted by atomic mass is 10.1. The van der Waals surface area contributed by atoms with Gasteiger partial charge in [-0.05, 0) is 32.3 Å². The first-order valence-electron chi connectivity index (χ1n) is 8.78. The molecule has 1 unspecified atom stereocenters. The van der Waals surface area contributed by atoms with Crippen molar-refractivity contribution in [3.05, 3.63) is 51.4 Å². The van der Waals surface area contributed by atoms with Gasteiger partial charge in [0.25, 0.3) is 5.69 Å². The summed E-state index contributed by atoms with van der Waals surface area (Å²) >= 11 is 0. The predicted octanol–water partition coefficient (Wildman–Crippen LogP) is 4.21. The normalized spacial score (nSPS) is 16.7. The summed E-state index contributed by atoms with van der Waals surface area (Å²) in [6.07, 6.45) is 3.48. The van der Waals surface area contributed by atoms with Crippen molar-refractivity contribution in [2.45, 2.75) is 45.6 Å². The number of likely N-dealkylation sites (tertiary alicyclic amines) is 1. The van der Waals surface area contributed by atoms with Crippen molar-refractivity contribution in [1.82, 2.24) is 10.1 Å². The summed E-state index contributed by atoms with van der Waals surface area (Å²) in [5.74, 6) is 0.823. The van der Waals surface area contributed by atoms with Crippen molar-refractivity contribution in [3.8, 4) is 0 Å². The number of anilines is 1. The molecule has 8 nitrogen and oxygen atoms in total. The molecule has 1 aromatic carbocycles. The summed E-state index contributed by atoms with van der Waals surface area (Å²) in [6.45, 7) is 4.31. The van der Waals surface area contributed by atoms with Gasteiger partial charge in [0.2, 0.25) is 0 Å². The lowest BCUT2D eigenvalue weighted by molar-refractivity contribution is -0.385. The van der Waals surface area contributed by atoms with Gasteiger partial charge in [0.15, 0.2) is 0 Å². The van der Waals surface area contributed by atoms with E-state index >= 15 is 0 Å². The highest BCUT2D eigenvalue weighted by atomic mass is 16.6. The predicted molar refractivity (Wildman–Crippen MR) is 96.0 cm³/mol. The Bertz CT molecular complexity index is 817. The minimum atomic E-state index is -0.450. The number of aromatic nitrogens is 1. The zero-order valence-corrected chi connectivity index (χ0v) is 14.9. The third kappa shape index (κ3) is 3.54. The largest absolute Gasteiger partial charge is 0.361 e. The van der Waals surface area contributed by atoms with E-state index in [1.54, 1.807) is 24.0 Å². The molecule has 1 saturated heterocycles. The number of amides is 2. The molecule has 138 valence electrons. The van der Waals surface area contributed by atoms with E-state index in [1.165, 1.54) is 6.07 Å². The fourth-order valence-corrected chi connectivity index (χ4v) is 3.31. The Balaban J connectivity index is 1.76. The molecule has 0 saturated carbocycles. The van der Waals surface area contributed by atoms with Crippen LogP contribution in [0.5, 0.6) is 0 Å². The highest BCUT2D eigenvalue weighted by molar-refractivity contribution is 5.91. The van der Waals surface area contributed by atoms with E-state index in [9.17, 15) is 14.9 Å². The molecular formula is C18H22N4O4. The van der Waals surface area contributed by atoms with Crippen LogP contribution in [0.15, 0.2) is 28.8 Å². The van der Waals surface area contributed by atoms with E-state index < -0.39 is 4.92 Å². The molecule has 1 aliphatic rings. The number of benzene rings is 1. The molecule has 2 amide bonds. The first kappa shape index (κ1) is 17.9. The Labute approximate surface area is 151 Å². The van der Waals surface area contributed by atoms with Gasteiger partial charge in [-0.15, -0.1) is 0 Å². The van der Waals surface area contributed by atoms with Crippen LogP contribution in [0.1, 0.15) is 49.2 Å². The number of nitro benzene ring substituents is 1. The molecule has 1 aromatic heterocycles. The van der Waals surface area contributed by atoms with Gasteiger partial charge in [-0.3, -0.25) is 10.1 Å². The van der Waals surface area contributed by atoms with Crippen molar-refractivity contribution in [2.24, 2.45) is 0 Å². The van der Waals surface area contributed by atoms with Gasteiger partial charge in [0.1, 0.15) is 11.5 Å². The monoisotopic (exact) mass is 358 g/mol. The average molecular weight is 358 g/mol. The minimum absolute atomic E-state index is 0.0125. The SMILES string of the molecule is CCCc1cc(C2CCCN2C(=O)Nc2cccc([N+](=O)[O-])c2C)no1. The molecule has 2 heterocycles. The number of aryl methyl sites for hydroxylation is 1. The van der Waals surface area contributed by atoms with Gasteiger partial charge in [-0.1, -0.05) is 18.1 Å². The highest BCUT2D eigenvalue weighted by Gasteiger charge is 2.32. The average Bonchev–Trinajstić information content (AvgIpc) is 3.25. The molecule has 0 radical (unpaired) electrons. The van der Waals surface area contributed by atoms with Crippen LogP contribution in [-0.2, 0) is 6.42 Å². The summed E-state index contributed by atoms with van der Waals surface area (Å²) < 4.78 is 5.34. The zero-order chi connectivity index (χ0) is 18.7. The van der Waals surface area contributed by atoms with Crippen LogP contribution in [-0.4, -0.2) is 27.6 Å². The fourth-order valence-electron chi connectivity index (χ4n) is 3.31. The molecule has 0 bridgehead atoms. The number of urea groups is 1. The van der Waals surface area contributed by atoms with E-state index in [0.29, 0.717) is 17.8 Å². The van der Waals surface area contributed by atoms with Gasteiger partial charge < -0.3 is 14.7 Å². The third-order valence-corrected chi connectivity index (χ3v) is 4.67. The summed E-state index contributed by atoms with van der Waals surface area (Å²) in [6, 6.07) is 6.16. The van der Waals surface area contributed by atoms with Crippen LogP contribution >= 0.6 is 0 Å². The topological polar surface area (TPSA) is 102 Å². The Morgan fingerprint density at radius 1 is 1.50 bits per heavy atom. The van der Waals surface area contributed by atoms with E-state index in [2.05, 4.69) is 17.4 Å². The number of hydrogen-bond acceptors (Lipinski definition) is 5. The zero-order valence-electron chi connectivity index (χ0n) is 14.9. The maximum absolute atomic E-state index is 12.8. The van der Waals surface area contributed by atoms with Gasteiger partial charge in [0, 0.05) is 25.1 Å². The number of nitrogens with one attached hydrogen (secondary N) is 1. The molecule has 0 spiro atoms. The van der Waals surface area contributed by atoms with Crippen LogP contribution in [0.25, 0.3) is 0 Å². The number of nitrogens with zero attached hydrogens (tertiary/aromatic N) is 3. The number of carbonyl (C=O) groups is 1. The van der Waals surface area contributed by atoms with Gasteiger partial charge in [0.05, 0.1) is 22.2 Å². The molecule has 1 N–H and O–H groups in total. The van der Waals surface area contributed by atoms with Crippen LogP contribution in [0.2, 0.25) is 0 Å². The first-order chi connectivity index (χ1) is 12.5. The van der Waals surface area contributed by atoms with E-state index in [0.717, 1.165) is 37.1 Å². The number of rotatable bonds is 5. The summed E-state index contributed by atoms with van der Waals surface area (Å²) in [4.78, 5) is 25.1. The molecule has 1 aliphatic heterocycles. The lowest BCUT2D eigenvalue weighted by Crippen LogP contribution is -2.34. The third-order valence-electron chi connectivity index (χ3n) is 4.67. The molecular weight excluding hydrogens is 336 g/mol. The Morgan fingerprint density at radius 2 is 2.31 bits per heavy atom. The minimum Gasteiger partial charge on any atom is -0.361 e. The van der Waals surface area contributed by atoms with Crippen molar-refractivity contribution in [3.63, 3.8) is 0 Å². The molecule has 2 aromatic rings. The standard InChI is InChI=1S/C18H22N4O4/c1-3-6-13-11-15(20-26-13)17-9-5-10-21(17)18(23)19-14-7-4-8-16(12(14)2)22(24)25/h4,7-8,11,17H,3,5-6,9-10H2,1-2H3,(H,19,23). The van der Waals surface area contributed by atoms with E-state index in [-0.39, 0.29) is 17.8 Å². The quantitative estimate of drug-likeness (QED) is 0.637. The maximum Gasteiger partial charge on any atom is 0.322 e. The fraction of sp³-hybridized carbons (Fsp3) is 0.444. The van der Waals surface area contributed by atoms with Gasteiger partial charge in [-0.25, -0.2) is 4.79 Å². The second-order valence-corrected chi connectivity index (χ2v) is 6.46. The van der Waals surface area contributed by atoms with Crippen LogP contribution in [0.3, 0.4) is 0 Å². The van der Waals surface area contributed by atoms with Crippen molar-refractivity contribution in [2.75, 3.05) is 11.9 Å². The van der Waals surface area contributed by atoms with Gasteiger partial charge in [-0.2, -0.15) is 0 Å². The molecule has 1 fully saturated rings. The van der Waals surface area contributed by atoms with Crippen molar-refractivity contribution >= 4 is 17.4 Å². The first-order valence-corrected chi connectivity index (χ1v) is 8.78. The second kappa shape index (κ2) is 7.55. The molecule has 0 aliphatic carbocycles. The van der Waals surface area contributed by atoms with Crippen molar-refractivity contribution < 1.29 is 14.2 Å². The van der Waals surface area contributed by atoms with E-state index in [1.807, 2.05) is 6.07 Å². The summed E-state index contributed by atoms with van der Waals surface area (Å²) in [7, 11) is 0. The second-order valence-electron chi connectivity index (χ2n) is 6.46. The van der Waals surface area contributed by atoms with E-state index in [4.69, 9.17) is 4.52 Å². The Morgan fingerprint density at radius 3 is 3.04 bits per heavy atom. The Kier molecular flexibility index (Phi) is 5.20. The molecule has 8 heteroatoms. The van der Waals surface area contributed by atoms with Crippen LogP contribution in [0, 0.1) is 17.0 Å². The molecule has 3 rings (SSSR count). The lowest BCUT2D eigenvalue weighted by Gasteiger charge is -2.23. The van der Waals surface area contributed by atoms with Crippen molar-refractivity contribution in [1.29, 1.82) is 0 Å². The summed E-state index contributed by atoms with van der Waals surface area (Å²) in [5.41, 5.74) is 1.63. The highest BCUT2D eigenvalue weighted by Crippen LogP contribution is 2.33. The maximum atomic E-state index is 12.8. The number of carbonyl (C=O) groups excluding carboxylic acids is 1. The van der Waals surface area contributed by atoms with Crippen LogP contribution < -0.4 is 5.32 Å². The van der Waals surface area contributed by atoms with Crippen LogP contribution in [0.4, 0.5) is 16.2 Å². The molecule has 1 atom stereocenters. The number of hydrogen-bond donors (Lipinski definition) is 1. The number of nitro groups is 1. The van der Waals surface area contributed by atoms with Gasteiger partial charge >= 0.3 is 6.03 Å². The molecule has 26 heavy (non-hydrogen) atoms. The smallest absolute Gasteiger partial charge is 0.322 e. The Hall–Kier alpha value is -2.90. The summed E-state index contributed by atoms with van der Waals surface area (Å²) in [5, 5.41) is 18.0.